The zero-order valence-electron chi connectivity index (χ0n) is 23.5. The van der Waals surface area contributed by atoms with Crippen LogP contribution in [0.2, 0.25) is 0 Å². The Bertz CT molecular complexity index is 1400. The van der Waals surface area contributed by atoms with E-state index in [0.717, 1.165) is 35.3 Å². The predicted molar refractivity (Wildman–Crippen MR) is 160 cm³/mol. The molecule has 5 nitrogen and oxygen atoms in total. The summed E-state index contributed by atoms with van der Waals surface area (Å²) in [5, 5.41) is 0. The third-order valence-electron chi connectivity index (χ3n) is 7.83. The quantitative estimate of drug-likeness (QED) is 0.267. The maximum Gasteiger partial charge on any atom is 0.254 e. The first-order valence-electron chi connectivity index (χ1n) is 14.2. The van der Waals surface area contributed by atoms with Gasteiger partial charge >= 0.3 is 0 Å². The highest BCUT2D eigenvalue weighted by atomic mass is 19.1. The van der Waals surface area contributed by atoms with Crippen molar-refractivity contribution < 1.29 is 14.0 Å². The lowest BCUT2D eigenvalue weighted by Gasteiger charge is -2.37. The molecule has 1 aliphatic heterocycles. The minimum absolute atomic E-state index is 0.0326. The highest BCUT2D eigenvalue weighted by molar-refractivity contribution is 5.95. The molecular weight excluding hydrogens is 513 g/mol. The van der Waals surface area contributed by atoms with Crippen LogP contribution in [-0.4, -0.2) is 65.8 Å². The van der Waals surface area contributed by atoms with Crippen molar-refractivity contribution in [2.24, 2.45) is 0 Å². The molecule has 1 aliphatic rings. The number of benzene rings is 4. The van der Waals surface area contributed by atoms with E-state index in [1.54, 1.807) is 12.1 Å². The van der Waals surface area contributed by atoms with E-state index >= 15 is 0 Å². The summed E-state index contributed by atoms with van der Waals surface area (Å²) in [5.74, 6) is -0.536. The highest BCUT2D eigenvalue weighted by Crippen LogP contribution is 2.27. The summed E-state index contributed by atoms with van der Waals surface area (Å²) < 4.78 is 13.5. The molecule has 2 amide bonds. The molecule has 0 aliphatic carbocycles. The van der Waals surface area contributed by atoms with Crippen LogP contribution < -0.4 is 0 Å². The number of hydrogen-bond donors (Lipinski definition) is 0. The first-order chi connectivity index (χ1) is 20.0. The summed E-state index contributed by atoms with van der Waals surface area (Å²) in [6.07, 6.45) is 0. The van der Waals surface area contributed by atoms with Gasteiger partial charge in [-0.1, -0.05) is 91.0 Å². The first kappa shape index (κ1) is 28.2. The molecule has 1 heterocycles. The molecule has 1 saturated heterocycles. The van der Waals surface area contributed by atoms with E-state index in [4.69, 9.17) is 0 Å². The standard InChI is InChI=1S/C35H36FN3O2/c1-27-10-8-9-15-32(27)34(40)39(26-28-16-18-31(36)19-17-28)25-22-37-20-23-38(24-21-37)35(41)33(29-11-4-2-5-12-29)30-13-6-3-7-14-30/h2-19,33H,20-26H2,1H3. The van der Waals surface area contributed by atoms with E-state index < -0.39 is 0 Å². The number of nitrogens with zero attached hydrogens (tertiary/aromatic N) is 3. The zero-order valence-corrected chi connectivity index (χ0v) is 23.5. The van der Waals surface area contributed by atoms with Gasteiger partial charge in [-0.2, -0.15) is 0 Å². The number of carbonyl (C=O) groups excluding carboxylic acids is 2. The Labute approximate surface area is 241 Å². The summed E-state index contributed by atoms with van der Waals surface area (Å²) in [6.45, 7) is 6.34. The number of halogens is 1. The molecule has 4 aromatic rings. The number of rotatable bonds is 9. The molecule has 4 aromatic carbocycles. The van der Waals surface area contributed by atoms with Crippen molar-refractivity contribution in [1.29, 1.82) is 0 Å². The smallest absolute Gasteiger partial charge is 0.254 e. The Balaban J connectivity index is 1.24. The van der Waals surface area contributed by atoms with Gasteiger partial charge in [-0.3, -0.25) is 14.5 Å². The number of piperazine rings is 1. The Hall–Kier alpha value is -4.29. The summed E-state index contributed by atoms with van der Waals surface area (Å²) in [6, 6.07) is 33.9. The lowest BCUT2D eigenvalue weighted by atomic mass is 9.90. The van der Waals surface area contributed by atoms with Gasteiger partial charge in [-0.05, 0) is 47.4 Å². The van der Waals surface area contributed by atoms with Crippen molar-refractivity contribution in [2.45, 2.75) is 19.4 Å². The second kappa shape index (κ2) is 13.4. The predicted octanol–water partition coefficient (Wildman–Crippen LogP) is 5.75. The fourth-order valence-electron chi connectivity index (χ4n) is 5.45. The fraction of sp³-hybridized carbons (Fsp3) is 0.257. The molecule has 0 N–H and O–H groups in total. The van der Waals surface area contributed by atoms with Crippen LogP contribution >= 0.6 is 0 Å². The van der Waals surface area contributed by atoms with Crippen LogP contribution in [-0.2, 0) is 11.3 Å². The van der Waals surface area contributed by atoms with Crippen LogP contribution in [0.3, 0.4) is 0 Å². The van der Waals surface area contributed by atoms with Crippen LogP contribution in [0.25, 0.3) is 0 Å². The maximum absolute atomic E-state index is 13.8. The van der Waals surface area contributed by atoms with Crippen LogP contribution in [0.5, 0.6) is 0 Å². The van der Waals surface area contributed by atoms with Gasteiger partial charge in [0.2, 0.25) is 5.91 Å². The Morgan fingerprint density at radius 3 is 1.90 bits per heavy atom. The average molecular weight is 550 g/mol. The van der Waals surface area contributed by atoms with Gasteiger partial charge in [0.05, 0.1) is 5.92 Å². The first-order valence-corrected chi connectivity index (χ1v) is 14.2. The molecule has 6 heteroatoms. The van der Waals surface area contributed by atoms with Gasteiger partial charge in [0.1, 0.15) is 5.82 Å². The lowest BCUT2D eigenvalue weighted by Crippen LogP contribution is -2.51. The summed E-state index contributed by atoms with van der Waals surface area (Å²) >= 11 is 0. The minimum Gasteiger partial charge on any atom is -0.339 e. The summed E-state index contributed by atoms with van der Waals surface area (Å²) in [4.78, 5) is 33.5. The summed E-state index contributed by atoms with van der Waals surface area (Å²) in [5.41, 5.74) is 4.49. The molecule has 0 aromatic heterocycles. The largest absolute Gasteiger partial charge is 0.339 e. The van der Waals surface area contributed by atoms with Crippen LogP contribution in [0.1, 0.15) is 38.5 Å². The second-order valence-corrected chi connectivity index (χ2v) is 10.6. The molecular formula is C35H36FN3O2. The van der Waals surface area contributed by atoms with E-state index in [2.05, 4.69) is 4.90 Å². The van der Waals surface area contributed by atoms with Crippen molar-refractivity contribution in [3.05, 3.63) is 143 Å². The van der Waals surface area contributed by atoms with Crippen LogP contribution in [0.15, 0.2) is 109 Å². The van der Waals surface area contributed by atoms with Gasteiger partial charge in [0.15, 0.2) is 0 Å². The van der Waals surface area contributed by atoms with E-state index in [0.29, 0.717) is 38.3 Å². The van der Waals surface area contributed by atoms with Crippen molar-refractivity contribution in [1.82, 2.24) is 14.7 Å². The molecule has 0 atom stereocenters. The third kappa shape index (κ3) is 7.08. The molecule has 0 radical (unpaired) electrons. The minimum atomic E-state index is -0.332. The van der Waals surface area contributed by atoms with E-state index in [-0.39, 0.29) is 23.5 Å². The number of amides is 2. The summed E-state index contributed by atoms with van der Waals surface area (Å²) in [7, 11) is 0. The lowest BCUT2D eigenvalue weighted by molar-refractivity contribution is -0.133. The zero-order chi connectivity index (χ0) is 28.6. The number of hydrogen-bond acceptors (Lipinski definition) is 3. The topological polar surface area (TPSA) is 43.9 Å². The molecule has 210 valence electrons. The number of carbonyl (C=O) groups is 2. The van der Waals surface area contributed by atoms with Gasteiger partial charge in [0.25, 0.3) is 5.91 Å². The van der Waals surface area contributed by atoms with E-state index in [9.17, 15) is 14.0 Å². The Kier molecular flexibility index (Phi) is 9.22. The Morgan fingerprint density at radius 2 is 1.32 bits per heavy atom. The molecule has 1 fully saturated rings. The molecule has 0 spiro atoms. The normalized spacial score (nSPS) is 13.8. The van der Waals surface area contributed by atoms with Crippen molar-refractivity contribution in [3.8, 4) is 0 Å². The van der Waals surface area contributed by atoms with Gasteiger partial charge in [-0.25, -0.2) is 4.39 Å². The maximum atomic E-state index is 13.8. The van der Waals surface area contributed by atoms with Crippen molar-refractivity contribution in [3.63, 3.8) is 0 Å². The number of aryl methyl sites for hydroxylation is 1. The van der Waals surface area contributed by atoms with E-state index in [1.165, 1.54) is 12.1 Å². The monoisotopic (exact) mass is 549 g/mol. The molecule has 0 saturated carbocycles. The van der Waals surface area contributed by atoms with Crippen molar-refractivity contribution >= 4 is 11.8 Å². The molecule has 0 unspecified atom stereocenters. The van der Waals surface area contributed by atoms with Crippen LogP contribution in [0.4, 0.5) is 4.39 Å². The Morgan fingerprint density at radius 1 is 0.756 bits per heavy atom. The van der Waals surface area contributed by atoms with Crippen LogP contribution in [0, 0.1) is 12.7 Å². The van der Waals surface area contributed by atoms with Gasteiger partial charge in [-0.15, -0.1) is 0 Å². The average Bonchev–Trinajstić information content (AvgIpc) is 3.01. The second-order valence-electron chi connectivity index (χ2n) is 10.6. The SMILES string of the molecule is Cc1ccccc1C(=O)N(CCN1CCN(C(=O)C(c2ccccc2)c2ccccc2)CC1)Cc1ccc(F)cc1. The highest BCUT2D eigenvalue weighted by Gasteiger charge is 2.30. The molecule has 41 heavy (non-hydrogen) atoms. The molecule has 5 rings (SSSR count). The van der Waals surface area contributed by atoms with Crippen molar-refractivity contribution in [2.75, 3.05) is 39.3 Å². The molecule has 0 bridgehead atoms. The third-order valence-corrected chi connectivity index (χ3v) is 7.83. The van der Waals surface area contributed by atoms with Gasteiger partial charge in [0, 0.05) is 51.4 Å². The fourth-order valence-corrected chi connectivity index (χ4v) is 5.45. The van der Waals surface area contributed by atoms with E-state index in [1.807, 2.05) is 102 Å². The van der Waals surface area contributed by atoms with Gasteiger partial charge < -0.3 is 9.80 Å².